The van der Waals surface area contributed by atoms with E-state index in [2.05, 4.69) is 4.98 Å². The Labute approximate surface area is 105 Å². The number of hydrogen-bond acceptors (Lipinski definition) is 3. The number of halogens is 1. The second-order valence-electron chi connectivity index (χ2n) is 3.64. The topological polar surface area (TPSA) is 50.3 Å². The lowest BCUT2D eigenvalue weighted by Crippen LogP contribution is -2.26. The fraction of sp³-hybridized carbons (Fsp3) is 0.0833. The van der Waals surface area contributed by atoms with Crippen molar-refractivity contribution in [2.75, 3.05) is 11.4 Å². The van der Waals surface area contributed by atoms with Crippen LogP contribution >= 0.6 is 0 Å². The molecule has 0 amide bonds. The van der Waals surface area contributed by atoms with Gasteiger partial charge in [-0.25, -0.2) is 12.8 Å². The number of benzene rings is 1. The molecule has 2 rings (SSSR count). The Balaban J connectivity index is 2.40. The van der Waals surface area contributed by atoms with Gasteiger partial charge in [0.05, 0.1) is 16.8 Å². The minimum Gasteiger partial charge on any atom is -0.268 e. The average Bonchev–Trinajstić information content (AvgIpc) is 2.39. The molecule has 0 bridgehead atoms. The van der Waals surface area contributed by atoms with Crippen molar-refractivity contribution in [2.24, 2.45) is 0 Å². The second-order valence-corrected chi connectivity index (χ2v) is 5.61. The first-order valence-electron chi connectivity index (χ1n) is 5.16. The normalized spacial score (nSPS) is 11.2. The summed E-state index contributed by atoms with van der Waals surface area (Å²) in [6.45, 7) is 0. The number of sulfonamides is 1. The van der Waals surface area contributed by atoms with Gasteiger partial charge in [0.2, 0.25) is 0 Å². The van der Waals surface area contributed by atoms with Gasteiger partial charge in [-0.3, -0.25) is 9.29 Å². The van der Waals surface area contributed by atoms with Crippen molar-refractivity contribution >= 4 is 15.7 Å². The van der Waals surface area contributed by atoms with Gasteiger partial charge in [-0.2, -0.15) is 0 Å². The molecule has 0 radical (unpaired) electrons. The van der Waals surface area contributed by atoms with E-state index in [9.17, 15) is 12.8 Å². The third kappa shape index (κ3) is 2.33. The molecule has 18 heavy (non-hydrogen) atoms. The zero-order valence-corrected chi connectivity index (χ0v) is 10.4. The van der Waals surface area contributed by atoms with Crippen molar-refractivity contribution < 1.29 is 12.8 Å². The smallest absolute Gasteiger partial charge is 0.264 e. The van der Waals surface area contributed by atoms with Gasteiger partial charge in [-0.1, -0.05) is 0 Å². The SMILES string of the molecule is CN(c1cccnc1)S(=O)(=O)c1ccc(F)cc1. The Bertz CT molecular complexity index is 627. The number of hydrogen-bond donors (Lipinski definition) is 0. The second kappa shape index (κ2) is 4.73. The van der Waals surface area contributed by atoms with Crippen LogP contribution in [0.3, 0.4) is 0 Å². The van der Waals surface area contributed by atoms with Crippen molar-refractivity contribution in [2.45, 2.75) is 4.90 Å². The van der Waals surface area contributed by atoms with Crippen molar-refractivity contribution in [1.29, 1.82) is 0 Å². The van der Waals surface area contributed by atoms with E-state index in [0.29, 0.717) is 5.69 Å². The van der Waals surface area contributed by atoms with Gasteiger partial charge in [0.15, 0.2) is 0 Å². The molecule has 1 aromatic carbocycles. The van der Waals surface area contributed by atoms with Gasteiger partial charge in [0, 0.05) is 13.2 Å². The standard InChI is InChI=1S/C12H11FN2O2S/c1-15(11-3-2-8-14-9-11)18(16,17)12-6-4-10(13)5-7-12/h2-9H,1H3. The molecule has 94 valence electrons. The highest BCUT2D eigenvalue weighted by Crippen LogP contribution is 2.20. The molecular weight excluding hydrogens is 255 g/mol. The fourth-order valence-electron chi connectivity index (χ4n) is 1.44. The fourth-order valence-corrected chi connectivity index (χ4v) is 2.63. The molecule has 0 atom stereocenters. The summed E-state index contributed by atoms with van der Waals surface area (Å²) >= 11 is 0. The summed E-state index contributed by atoms with van der Waals surface area (Å²) in [5.74, 6) is -0.474. The van der Waals surface area contributed by atoms with Gasteiger partial charge in [-0.05, 0) is 36.4 Å². The number of nitrogens with zero attached hydrogens (tertiary/aromatic N) is 2. The highest BCUT2D eigenvalue weighted by atomic mass is 32.2. The van der Waals surface area contributed by atoms with Gasteiger partial charge in [0.1, 0.15) is 5.82 Å². The van der Waals surface area contributed by atoms with Gasteiger partial charge < -0.3 is 0 Å². The number of aromatic nitrogens is 1. The van der Waals surface area contributed by atoms with E-state index >= 15 is 0 Å². The summed E-state index contributed by atoms with van der Waals surface area (Å²) in [4.78, 5) is 3.90. The van der Waals surface area contributed by atoms with Crippen LogP contribution in [0.4, 0.5) is 10.1 Å². The van der Waals surface area contributed by atoms with Crippen LogP contribution in [0.15, 0.2) is 53.7 Å². The van der Waals surface area contributed by atoms with E-state index in [1.54, 1.807) is 18.3 Å². The summed E-state index contributed by atoms with van der Waals surface area (Å²) in [5.41, 5.74) is 0.446. The van der Waals surface area contributed by atoms with Crippen LogP contribution in [0.5, 0.6) is 0 Å². The van der Waals surface area contributed by atoms with Crippen LogP contribution in [0.25, 0.3) is 0 Å². The lowest BCUT2D eigenvalue weighted by molar-refractivity contribution is 0.593. The predicted octanol–water partition coefficient (Wildman–Crippen LogP) is 2.05. The number of pyridine rings is 1. The summed E-state index contributed by atoms with van der Waals surface area (Å²) in [6.07, 6.45) is 3.00. The van der Waals surface area contributed by atoms with Crippen LogP contribution in [-0.4, -0.2) is 20.4 Å². The van der Waals surface area contributed by atoms with E-state index < -0.39 is 15.8 Å². The van der Waals surface area contributed by atoms with Crippen molar-refractivity contribution in [1.82, 2.24) is 4.98 Å². The van der Waals surface area contributed by atoms with E-state index in [1.807, 2.05) is 0 Å². The Kier molecular flexibility index (Phi) is 3.29. The molecule has 0 aliphatic rings. The average molecular weight is 266 g/mol. The molecule has 0 spiro atoms. The molecular formula is C12H11FN2O2S. The van der Waals surface area contributed by atoms with E-state index in [1.165, 1.54) is 25.4 Å². The van der Waals surface area contributed by atoms with Crippen LogP contribution in [0.2, 0.25) is 0 Å². The van der Waals surface area contributed by atoms with E-state index in [0.717, 1.165) is 16.4 Å². The first kappa shape index (κ1) is 12.5. The molecule has 0 saturated carbocycles. The molecule has 0 fully saturated rings. The maximum atomic E-state index is 12.8. The summed E-state index contributed by atoms with van der Waals surface area (Å²) in [6, 6.07) is 7.98. The molecule has 1 aromatic heterocycles. The zero-order valence-electron chi connectivity index (χ0n) is 9.62. The van der Waals surface area contributed by atoms with E-state index in [4.69, 9.17) is 0 Å². The van der Waals surface area contributed by atoms with Gasteiger partial charge in [-0.15, -0.1) is 0 Å². The van der Waals surface area contributed by atoms with Gasteiger partial charge >= 0.3 is 0 Å². The molecule has 0 saturated heterocycles. The summed E-state index contributed by atoms with van der Waals surface area (Å²) < 4.78 is 38.3. The molecule has 2 aromatic rings. The summed E-state index contributed by atoms with van der Waals surface area (Å²) in [5, 5.41) is 0. The number of anilines is 1. The Morgan fingerprint density at radius 1 is 1.17 bits per heavy atom. The molecule has 0 aliphatic heterocycles. The van der Waals surface area contributed by atoms with Crippen LogP contribution in [-0.2, 0) is 10.0 Å². The molecule has 4 nitrogen and oxygen atoms in total. The lowest BCUT2D eigenvalue weighted by atomic mass is 10.4. The van der Waals surface area contributed by atoms with Crippen LogP contribution in [0.1, 0.15) is 0 Å². The van der Waals surface area contributed by atoms with Crippen molar-refractivity contribution in [3.05, 3.63) is 54.6 Å². The van der Waals surface area contributed by atoms with Gasteiger partial charge in [0.25, 0.3) is 10.0 Å². The Morgan fingerprint density at radius 3 is 2.39 bits per heavy atom. The first-order chi connectivity index (χ1) is 8.51. The monoisotopic (exact) mass is 266 g/mol. The molecule has 0 N–H and O–H groups in total. The predicted molar refractivity (Wildman–Crippen MR) is 66.2 cm³/mol. The van der Waals surface area contributed by atoms with E-state index in [-0.39, 0.29) is 4.90 Å². The molecule has 1 heterocycles. The highest BCUT2D eigenvalue weighted by molar-refractivity contribution is 7.92. The highest BCUT2D eigenvalue weighted by Gasteiger charge is 2.21. The Hall–Kier alpha value is -1.95. The maximum Gasteiger partial charge on any atom is 0.264 e. The molecule has 6 heteroatoms. The Morgan fingerprint density at radius 2 is 1.83 bits per heavy atom. The third-order valence-electron chi connectivity index (χ3n) is 2.48. The maximum absolute atomic E-state index is 12.8. The van der Waals surface area contributed by atoms with Crippen LogP contribution in [0, 0.1) is 5.82 Å². The van der Waals surface area contributed by atoms with Crippen molar-refractivity contribution in [3.63, 3.8) is 0 Å². The third-order valence-corrected chi connectivity index (χ3v) is 4.28. The first-order valence-corrected chi connectivity index (χ1v) is 6.60. The largest absolute Gasteiger partial charge is 0.268 e. The molecule has 0 unspecified atom stereocenters. The minimum atomic E-state index is -3.68. The van der Waals surface area contributed by atoms with Crippen LogP contribution < -0.4 is 4.31 Å². The summed E-state index contributed by atoms with van der Waals surface area (Å²) in [7, 11) is -2.26. The quantitative estimate of drug-likeness (QED) is 0.854. The number of rotatable bonds is 3. The molecule has 0 aliphatic carbocycles. The van der Waals surface area contributed by atoms with Crippen molar-refractivity contribution in [3.8, 4) is 0 Å². The minimum absolute atomic E-state index is 0.0373. The zero-order chi connectivity index (χ0) is 13.2. The lowest BCUT2D eigenvalue weighted by Gasteiger charge is -2.18.